The summed E-state index contributed by atoms with van der Waals surface area (Å²) in [6.45, 7) is 4.18. The first-order chi connectivity index (χ1) is 8.06. The van der Waals surface area contributed by atoms with E-state index in [0.717, 1.165) is 26.2 Å². The first-order valence-corrected chi connectivity index (χ1v) is 6.95. The van der Waals surface area contributed by atoms with Gasteiger partial charge >= 0.3 is 0 Å². The molecule has 0 aliphatic heterocycles. The third-order valence-corrected chi connectivity index (χ3v) is 3.30. The van der Waals surface area contributed by atoms with Crippen molar-refractivity contribution < 1.29 is 0 Å². The van der Waals surface area contributed by atoms with Crippen LogP contribution in [0, 0.1) is 0 Å². The van der Waals surface area contributed by atoms with Crippen LogP contribution in [0.15, 0.2) is 39.4 Å². The summed E-state index contributed by atoms with van der Waals surface area (Å²) in [4.78, 5) is 8.95. The molecule has 0 atom stereocenters. The third kappa shape index (κ3) is 3.13. The van der Waals surface area contributed by atoms with Crippen molar-refractivity contribution in [2.75, 3.05) is 0 Å². The number of hydrogen-bond acceptors (Lipinski definition) is 2. The summed E-state index contributed by atoms with van der Waals surface area (Å²) in [5.41, 5.74) is 2.04. The molecular formula is C13H12Br2N2. The van der Waals surface area contributed by atoms with Crippen LogP contribution in [0.1, 0.15) is 25.6 Å². The Labute approximate surface area is 118 Å². The molecule has 0 radical (unpaired) electrons. The van der Waals surface area contributed by atoms with Gasteiger partial charge in [0, 0.05) is 16.0 Å². The molecule has 0 bridgehead atoms. The molecule has 0 spiro atoms. The number of halogens is 2. The molecule has 0 saturated carbocycles. The van der Waals surface area contributed by atoms with Crippen molar-refractivity contribution in [2.24, 2.45) is 0 Å². The molecule has 1 aromatic carbocycles. The molecule has 17 heavy (non-hydrogen) atoms. The fourth-order valence-electron chi connectivity index (χ4n) is 1.46. The van der Waals surface area contributed by atoms with Gasteiger partial charge in [0.15, 0.2) is 0 Å². The Bertz CT molecular complexity index is 521. The lowest BCUT2D eigenvalue weighted by Crippen LogP contribution is -1.99. The van der Waals surface area contributed by atoms with E-state index in [1.807, 2.05) is 30.3 Å². The smallest absolute Gasteiger partial charge is 0.132 e. The molecule has 1 heterocycles. The van der Waals surface area contributed by atoms with E-state index in [1.165, 1.54) is 0 Å². The van der Waals surface area contributed by atoms with Gasteiger partial charge in [0.2, 0.25) is 0 Å². The number of benzene rings is 1. The van der Waals surface area contributed by atoms with Crippen molar-refractivity contribution in [3.05, 3.63) is 45.2 Å². The van der Waals surface area contributed by atoms with Crippen molar-refractivity contribution in [2.45, 2.75) is 19.8 Å². The second-order valence-electron chi connectivity index (χ2n) is 4.10. The first kappa shape index (κ1) is 12.7. The van der Waals surface area contributed by atoms with Crippen molar-refractivity contribution in [3.8, 4) is 11.3 Å². The van der Waals surface area contributed by atoms with Gasteiger partial charge in [0.25, 0.3) is 0 Å². The van der Waals surface area contributed by atoms with Gasteiger partial charge in [-0.15, -0.1) is 0 Å². The lowest BCUT2D eigenvalue weighted by atomic mass is 10.1. The van der Waals surface area contributed by atoms with Crippen molar-refractivity contribution in [1.82, 2.24) is 9.97 Å². The molecule has 88 valence electrons. The van der Waals surface area contributed by atoms with E-state index in [-0.39, 0.29) is 0 Å². The highest BCUT2D eigenvalue weighted by Crippen LogP contribution is 2.24. The van der Waals surface area contributed by atoms with Crippen LogP contribution in [0.25, 0.3) is 11.3 Å². The zero-order valence-corrected chi connectivity index (χ0v) is 12.8. The lowest BCUT2D eigenvalue weighted by Gasteiger charge is -2.07. The van der Waals surface area contributed by atoms with E-state index in [1.54, 1.807) is 0 Å². The number of nitrogens with zero attached hydrogens (tertiary/aromatic N) is 2. The predicted molar refractivity (Wildman–Crippen MR) is 77.0 cm³/mol. The molecular weight excluding hydrogens is 344 g/mol. The highest BCUT2D eigenvalue weighted by molar-refractivity contribution is 9.10. The molecule has 2 nitrogen and oxygen atoms in total. The van der Waals surface area contributed by atoms with Crippen molar-refractivity contribution >= 4 is 31.9 Å². The highest BCUT2D eigenvalue weighted by atomic mass is 79.9. The number of hydrogen-bond donors (Lipinski definition) is 0. The summed E-state index contributed by atoms with van der Waals surface area (Å²) < 4.78 is 1.90. The zero-order valence-electron chi connectivity index (χ0n) is 9.61. The second kappa shape index (κ2) is 5.27. The Morgan fingerprint density at radius 2 is 1.65 bits per heavy atom. The minimum atomic E-state index is 0.321. The van der Waals surface area contributed by atoms with E-state index in [0.29, 0.717) is 5.92 Å². The molecule has 0 aliphatic carbocycles. The minimum Gasteiger partial charge on any atom is -0.233 e. The van der Waals surface area contributed by atoms with Crippen LogP contribution in [-0.4, -0.2) is 9.97 Å². The van der Waals surface area contributed by atoms with Crippen LogP contribution in [0.4, 0.5) is 0 Å². The van der Waals surface area contributed by atoms with E-state index in [2.05, 4.69) is 55.7 Å². The van der Waals surface area contributed by atoms with Gasteiger partial charge in [-0.2, -0.15) is 0 Å². The van der Waals surface area contributed by atoms with Gasteiger partial charge in [-0.3, -0.25) is 0 Å². The first-order valence-electron chi connectivity index (χ1n) is 5.36. The van der Waals surface area contributed by atoms with Gasteiger partial charge in [0.1, 0.15) is 10.4 Å². The summed E-state index contributed by atoms with van der Waals surface area (Å²) in [7, 11) is 0. The van der Waals surface area contributed by atoms with E-state index >= 15 is 0 Å². The lowest BCUT2D eigenvalue weighted by molar-refractivity contribution is 0.771. The minimum absolute atomic E-state index is 0.321. The molecule has 4 heteroatoms. The topological polar surface area (TPSA) is 25.8 Å². The average molecular weight is 356 g/mol. The Balaban J connectivity index is 2.48. The Morgan fingerprint density at radius 1 is 1.00 bits per heavy atom. The van der Waals surface area contributed by atoms with Crippen LogP contribution in [-0.2, 0) is 0 Å². The zero-order chi connectivity index (χ0) is 12.4. The quantitative estimate of drug-likeness (QED) is 0.723. The fraction of sp³-hybridized carbons (Fsp3) is 0.231. The van der Waals surface area contributed by atoms with Gasteiger partial charge < -0.3 is 0 Å². The molecule has 0 N–H and O–H groups in total. The maximum absolute atomic E-state index is 4.58. The average Bonchev–Trinajstić information content (AvgIpc) is 2.29. The summed E-state index contributed by atoms with van der Waals surface area (Å²) in [5.74, 6) is 1.18. The van der Waals surface area contributed by atoms with E-state index < -0.39 is 0 Å². The Morgan fingerprint density at radius 3 is 2.24 bits per heavy atom. The van der Waals surface area contributed by atoms with Crippen molar-refractivity contribution in [1.29, 1.82) is 0 Å². The Hall–Kier alpha value is -0.740. The molecule has 0 unspecified atom stereocenters. The SMILES string of the molecule is CC(C)c1nc(Br)cc(-c2ccc(Br)cc2)n1. The maximum atomic E-state index is 4.58. The summed E-state index contributed by atoms with van der Waals surface area (Å²) in [6, 6.07) is 10.1. The molecule has 0 amide bonds. The van der Waals surface area contributed by atoms with Crippen LogP contribution < -0.4 is 0 Å². The third-order valence-electron chi connectivity index (χ3n) is 2.37. The molecule has 2 aromatic rings. The van der Waals surface area contributed by atoms with Gasteiger partial charge in [-0.1, -0.05) is 41.9 Å². The van der Waals surface area contributed by atoms with Gasteiger partial charge in [-0.05, 0) is 34.1 Å². The van der Waals surface area contributed by atoms with E-state index in [4.69, 9.17) is 0 Å². The summed E-state index contributed by atoms with van der Waals surface area (Å²) in [6.07, 6.45) is 0. The second-order valence-corrected chi connectivity index (χ2v) is 5.82. The van der Waals surface area contributed by atoms with Crippen LogP contribution in [0.2, 0.25) is 0 Å². The number of rotatable bonds is 2. The fourth-order valence-corrected chi connectivity index (χ4v) is 2.12. The molecule has 0 aliphatic rings. The molecule has 2 rings (SSSR count). The van der Waals surface area contributed by atoms with Gasteiger partial charge in [-0.25, -0.2) is 9.97 Å². The monoisotopic (exact) mass is 354 g/mol. The van der Waals surface area contributed by atoms with Crippen LogP contribution in [0.5, 0.6) is 0 Å². The summed E-state index contributed by atoms with van der Waals surface area (Å²) in [5, 5.41) is 0. The standard InChI is InChI=1S/C13H12Br2N2/c1-8(2)13-16-11(7-12(15)17-13)9-3-5-10(14)6-4-9/h3-8H,1-2H3. The summed E-state index contributed by atoms with van der Waals surface area (Å²) >= 11 is 6.86. The van der Waals surface area contributed by atoms with Crippen molar-refractivity contribution in [3.63, 3.8) is 0 Å². The van der Waals surface area contributed by atoms with Crippen LogP contribution in [0.3, 0.4) is 0 Å². The van der Waals surface area contributed by atoms with Crippen LogP contribution >= 0.6 is 31.9 Å². The largest absolute Gasteiger partial charge is 0.233 e. The number of aromatic nitrogens is 2. The Kier molecular flexibility index (Phi) is 3.94. The van der Waals surface area contributed by atoms with Gasteiger partial charge in [0.05, 0.1) is 5.69 Å². The molecule has 0 saturated heterocycles. The normalized spacial score (nSPS) is 10.9. The maximum Gasteiger partial charge on any atom is 0.132 e. The molecule has 1 aromatic heterocycles. The van der Waals surface area contributed by atoms with E-state index in [9.17, 15) is 0 Å². The predicted octanol–water partition coefficient (Wildman–Crippen LogP) is 4.79. The highest BCUT2D eigenvalue weighted by Gasteiger charge is 2.08. The molecule has 0 fully saturated rings.